The maximum Gasteiger partial charge on any atom is 0.243 e. The number of carbonyl (C=O) groups is 1. The molecule has 10 heteroatoms. The molecule has 0 saturated heterocycles. The van der Waals surface area contributed by atoms with Crippen molar-refractivity contribution in [3.05, 3.63) is 60.4 Å². The van der Waals surface area contributed by atoms with Crippen molar-refractivity contribution in [1.82, 2.24) is 19.1 Å². The maximum absolute atomic E-state index is 13.0. The summed E-state index contributed by atoms with van der Waals surface area (Å²) in [7, 11) is -1.90. The van der Waals surface area contributed by atoms with E-state index < -0.39 is 10.0 Å². The Morgan fingerprint density at radius 3 is 2.44 bits per heavy atom. The Hall–Kier alpha value is -2.69. The number of aryl methyl sites for hydroxylation is 1. The highest BCUT2D eigenvalue weighted by Gasteiger charge is 2.29. The number of thioether (sulfide) groups is 1. The van der Waals surface area contributed by atoms with E-state index in [1.165, 1.54) is 22.5 Å². The van der Waals surface area contributed by atoms with E-state index in [9.17, 15) is 13.2 Å². The Morgan fingerprint density at radius 1 is 1.09 bits per heavy atom. The quantitative estimate of drug-likeness (QED) is 0.465. The van der Waals surface area contributed by atoms with Crippen LogP contribution in [0.1, 0.15) is 37.7 Å². The van der Waals surface area contributed by atoms with Gasteiger partial charge >= 0.3 is 0 Å². The third-order valence-electron chi connectivity index (χ3n) is 6.06. The molecule has 0 atom stereocenters. The molecule has 34 heavy (non-hydrogen) atoms. The fraction of sp³-hybridized carbons (Fsp3) is 0.375. The first-order valence-corrected chi connectivity index (χ1v) is 13.7. The highest BCUT2D eigenvalue weighted by atomic mass is 32.2. The molecule has 0 spiro atoms. The van der Waals surface area contributed by atoms with Crippen LogP contribution < -0.4 is 5.32 Å². The lowest BCUT2D eigenvalue weighted by molar-refractivity contribution is -0.113. The highest BCUT2D eigenvalue weighted by Crippen LogP contribution is 2.27. The Bertz CT molecular complexity index is 1220. The van der Waals surface area contributed by atoms with E-state index >= 15 is 0 Å². The Labute approximate surface area is 204 Å². The van der Waals surface area contributed by atoms with Gasteiger partial charge in [0.2, 0.25) is 15.9 Å². The molecule has 0 unspecified atom stereocenters. The van der Waals surface area contributed by atoms with E-state index in [0.717, 1.165) is 36.9 Å². The summed E-state index contributed by atoms with van der Waals surface area (Å²) < 4.78 is 29.3. The average Bonchev–Trinajstić information content (AvgIpc) is 3.32. The summed E-state index contributed by atoms with van der Waals surface area (Å²) in [6.07, 6.45) is 6.72. The molecule has 1 aliphatic carbocycles. The number of aromatic nitrogens is 3. The second-order valence-electron chi connectivity index (χ2n) is 8.49. The minimum absolute atomic E-state index is 0.0529. The van der Waals surface area contributed by atoms with Gasteiger partial charge in [-0.05, 0) is 56.2 Å². The monoisotopic (exact) mass is 499 g/mol. The van der Waals surface area contributed by atoms with Crippen molar-refractivity contribution >= 4 is 33.4 Å². The third-order valence-corrected chi connectivity index (χ3v) is 8.93. The van der Waals surface area contributed by atoms with Gasteiger partial charge in [0.25, 0.3) is 0 Å². The molecule has 1 N–H and O–H groups in total. The number of anilines is 1. The van der Waals surface area contributed by atoms with Crippen molar-refractivity contribution in [2.24, 2.45) is 0 Å². The zero-order valence-electron chi connectivity index (χ0n) is 19.3. The number of benzene rings is 2. The van der Waals surface area contributed by atoms with Crippen LogP contribution in [-0.4, -0.2) is 52.2 Å². The normalized spacial score (nSPS) is 14.9. The van der Waals surface area contributed by atoms with Gasteiger partial charge < -0.3 is 5.32 Å². The highest BCUT2D eigenvalue weighted by molar-refractivity contribution is 7.99. The third kappa shape index (κ3) is 5.68. The summed E-state index contributed by atoms with van der Waals surface area (Å²) in [6.45, 7) is 2.02. The van der Waals surface area contributed by atoms with Crippen molar-refractivity contribution in [3.8, 4) is 5.69 Å². The molecule has 1 fully saturated rings. The molecule has 1 saturated carbocycles. The zero-order valence-corrected chi connectivity index (χ0v) is 21.0. The molecule has 180 valence electrons. The van der Waals surface area contributed by atoms with Crippen LogP contribution in [0.2, 0.25) is 0 Å². The van der Waals surface area contributed by atoms with E-state index in [4.69, 9.17) is 0 Å². The standard InChI is InChI=1S/C24H29N5O3S2/c1-18-8-12-21(13-9-18)29-17-25-27-24(29)33-16-23(30)26-19-10-14-22(15-11-19)34(31,32)28(2)20-6-4-3-5-7-20/h8-15,17,20H,3-7,16H2,1-2H3,(H,26,30). The largest absolute Gasteiger partial charge is 0.325 e. The number of nitrogens with one attached hydrogen (secondary N) is 1. The molecule has 1 aliphatic rings. The first-order chi connectivity index (χ1) is 16.3. The molecular formula is C24H29N5O3S2. The lowest BCUT2D eigenvalue weighted by atomic mass is 9.96. The second-order valence-corrected chi connectivity index (χ2v) is 11.4. The minimum Gasteiger partial charge on any atom is -0.325 e. The van der Waals surface area contributed by atoms with Gasteiger partial charge in [0, 0.05) is 24.5 Å². The van der Waals surface area contributed by atoms with E-state index in [-0.39, 0.29) is 22.6 Å². The van der Waals surface area contributed by atoms with Gasteiger partial charge in [-0.3, -0.25) is 9.36 Å². The first-order valence-electron chi connectivity index (χ1n) is 11.3. The molecule has 4 rings (SSSR count). The second kappa shape index (κ2) is 10.7. The number of amides is 1. The number of hydrogen-bond acceptors (Lipinski definition) is 6. The predicted molar refractivity (Wildman–Crippen MR) is 134 cm³/mol. The van der Waals surface area contributed by atoms with Gasteiger partial charge in [0.15, 0.2) is 5.16 Å². The van der Waals surface area contributed by atoms with Crippen molar-refractivity contribution in [2.75, 3.05) is 18.1 Å². The van der Waals surface area contributed by atoms with Crippen LogP contribution in [0.4, 0.5) is 5.69 Å². The fourth-order valence-corrected chi connectivity index (χ4v) is 6.19. The molecule has 0 aliphatic heterocycles. The van der Waals surface area contributed by atoms with Crippen LogP contribution in [0, 0.1) is 6.92 Å². The van der Waals surface area contributed by atoms with Crippen LogP contribution in [-0.2, 0) is 14.8 Å². The number of hydrogen-bond donors (Lipinski definition) is 1. The summed E-state index contributed by atoms with van der Waals surface area (Å²) in [5.41, 5.74) is 2.63. The van der Waals surface area contributed by atoms with E-state index in [1.807, 2.05) is 35.8 Å². The number of carbonyl (C=O) groups excluding carboxylic acids is 1. The lowest BCUT2D eigenvalue weighted by Crippen LogP contribution is -2.38. The number of nitrogens with zero attached hydrogens (tertiary/aromatic N) is 4. The summed E-state index contributed by atoms with van der Waals surface area (Å²) in [5, 5.41) is 11.5. The molecule has 1 heterocycles. The predicted octanol–water partition coefficient (Wildman–Crippen LogP) is 4.26. The molecule has 8 nitrogen and oxygen atoms in total. The Morgan fingerprint density at radius 2 is 1.76 bits per heavy atom. The SMILES string of the molecule is Cc1ccc(-n2cnnc2SCC(=O)Nc2ccc(S(=O)(=O)N(C)C3CCCCC3)cc2)cc1. The van der Waals surface area contributed by atoms with E-state index in [2.05, 4.69) is 15.5 Å². The average molecular weight is 500 g/mol. The van der Waals surface area contributed by atoms with Crippen LogP contribution in [0.3, 0.4) is 0 Å². The van der Waals surface area contributed by atoms with Crippen LogP contribution >= 0.6 is 11.8 Å². The summed E-state index contributed by atoms with van der Waals surface area (Å²) >= 11 is 1.28. The number of rotatable bonds is 8. The topological polar surface area (TPSA) is 97.2 Å². The summed E-state index contributed by atoms with van der Waals surface area (Å²) in [4.78, 5) is 12.7. The Balaban J connectivity index is 1.35. The summed E-state index contributed by atoms with van der Waals surface area (Å²) in [6, 6.07) is 14.4. The van der Waals surface area contributed by atoms with Crippen molar-refractivity contribution in [3.63, 3.8) is 0 Å². The van der Waals surface area contributed by atoms with E-state index in [0.29, 0.717) is 10.8 Å². The van der Waals surface area contributed by atoms with Crippen LogP contribution in [0.5, 0.6) is 0 Å². The molecule has 3 aromatic rings. The molecule has 0 bridgehead atoms. The molecule has 0 radical (unpaired) electrons. The lowest BCUT2D eigenvalue weighted by Gasteiger charge is -2.30. The smallest absolute Gasteiger partial charge is 0.243 e. The van der Waals surface area contributed by atoms with Gasteiger partial charge in [-0.15, -0.1) is 10.2 Å². The van der Waals surface area contributed by atoms with Crippen LogP contribution in [0.25, 0.3) is 5.69 Å². The van der Waals surface area contributed by atoms with Crippen molar-refractivity contribution in [2.45, 2.75) is 55.1 Å². The molecule has 1 aromatic heterocycles. The van der Waals surface area contributed by atoms with Gasteiger partial charge in [-0.2, -0.15) is 4.31 Å². The van der Waals surface area contributed by atoms with Crippen LogP contribution in [0.15, 0.2) is 64.9 Å². The molecule has 1 amide bonds. The maximum atomic E-state index is 13.0. The number of sulfonamides is 1. The summed E-state index contributed by atoms with van der Waals surface area (Å²) in [5.74, 6) is -0.0620. The van der Waals surface area contributed by atoms with Gasteiger partial charge in [0.05, 0.1) is 10.6 Å². The Kier molecular flexibility index (Phi) is 7.70. The first kappa shape index (κ1) is 24.4. The fourth-order valence-electron chi connectivity index (χ4n) is 4.05. The minimum atomic E-state index is -3.56. The van der Waals surface area contributed by atoms with Gasteiger partial charge in [-0.25, -0.2) is 8.42 Å². The molecule has 2 aromatic carbocycles. The van der Waals surface area contributed by atoms with Crippen molar-refractivity contribution in [1.29, 1.82) is 0 Å². The van der Waals surface area contributed by atoms with Crippen molar-refractivity contribution < 1.29 is 13.2 Å². The molecular weight excluding hydrogens is 470 g/mol. The zero-order chi connectivity index (χ0) is 24.1. The van der Waals surface area contributed by atoms with Gasteiger partial charge in [-0.1, -0.05) is 48.7 Å². The van der Waals surface area contributed by atoms with Gasteiger partial charge in [0.1, 0.15) is 6.33 Å². The van der Waals surface area contributed by atoms with E-state index in [1.54, 1.807) is 37.6 Å².